The van der Waals surface area contributed by atoms with Crippen molar-refractivity contribution in [3.63, 3.8) is 0 Å². The maximum absolute atomic E-state index is 13.0. The van der Waals surface area contributed by atoms with Gasteiger partial charge in [0.1, 0.15) is 0 Å². The van der Waals surface area contributed by atoms with Crippen LogP contribution >= 0.6 is 0 Å². The van der Waals surface area contributed by atoms with Gasteiger partial charge in [-0.3, -0.25) is 4.79 Å². The Kier molecular flexibility index (Phi) is 6.75. The molecule has 1 aliphatic heterocycles. The predicted octanol–water partition coefficient (Wildman–Crippen LogP) is 4.19. The van der Waals surface area contributed by atoms with Crippen molar-refractivity contribution in [3.05, 3.63) is 59.7 Å². The summed E-state index contributed by atoms with van der Waals surface area (Å²) in [5.74, 6) is 0.220. The van der Waals surface area contributed by atoms with Crippen LogP contribution in [0.2, 0.25) is 0 Å². The number of rotatable bonds is 7. The van der Waals surface area contributed by atoms with Gasteiger partial charge in [-0.15, -0.1) is 0 Å². The minimum absolute atomic E-state index is 0.0849. The molecule has 156 valence electrons. The molecule has 0 saturated carbocycles. The number of aryl methyl sites for hydroxylation is 1. The smallest absolute Gasteiger partial charge is 0.243 e. The zero-order valence-corrected chi connectivity index (χ0v) is 18.3. The van der Waals surface area contributed by atoms with Crippen molar-refractivity contribution in [2.45, 2.75) is 50.8 Å². The van der Waals surface area contributed by atoms with E-state index in [9.17, 15) is 13.2 Å². The number of amides is 1. The van der Waals surface area contributed by atoms with E-state index in [1.54, 1.807) is 18.2 Å². The number of hydrogen-bond acceptors (Lipinski definition) is 3. The highest BCUT2D eigenvalue weighted by molar-refractivity contribution is 7.89. The van der Waals surface area contributed by atoms with Crippen LogP contribution in [-0.4, -0.2) is 38.3 Å². The second kappa shape index (κ2) is 9.09. The lowest BCUT2D eigenvalue weighted by Crippen LogP contribution is -2.36. The van der Waals surface area contributed by atoms with Gasteiger partial charge in [-0.05, 0) is 48.1 Å². The Balaban J connectivity index is 1.83. The maximum atomic E-state index is 13.0. The molecule has 0 spiro atoms. The van der Waals surface area contributed by atoms with Crippen molar-refractivity contribution in [2.75, 3.05) is 24.5 Å². The molecule has 0 aliphatic carbocycles. The van der Waals surface area contributed by atoms with Crippen molar-refractivity contribution in [2.24, 2.45) is 0 Å². The number of fused-ring (bicyclic) bond motifs is 1. The summed E-state index contributed by atoms with van der Waals surface area (Å²) in [6.45, 7) is 7.31. The first-order chi connectivity index (χ1) is 13.9. The molecule has 29 heavy (non-hydrogen) atoms. The highest BCUT2D eigenvalue weighted by Gasteiger charge is 2.27. The average molecular weight is 415 g/mol. The highest BCUT2D eigenvalue weighted by Crippen LogP contribution is 2.32. The molecule has 1 aliphatic rings. The molecule has 6 heteroatoms. The molecule has 0 saturated heterocycles. The van der Waals surface area contributed by atoms with E-state index in [1.807, 2.05) is 49.1 Å². The molecule has 0 aromatic heterocycles. The first-order valence-corrected chi connectivity index (χ1v) is 11.8. The molecular formula is C23H30N2O3S. The fourth-order valence-electron chi connectivity index (χ4n) is 3.98. The lowest BCUT2D eigenvalue weighted by molar-refractivity contribution is -0.119. The number of sulfonamides is 1. The molecule has 1 amide bonds. The Bertz CT molecular complexity index is 953. The van der Waals surface area contributed by atoms with E-state index in [1.165, 1.54) is 4.31 Å². The molecule has 0 fully saturated rings. The number of anilines is 1. The van der Waals surface area contributed by atoms with Gasteiger partial charge in [-0.1, -0.05) is 51.1 Å². The van der Waals surface area contributed by atoms with Gasteiger partial charge in [-0.2, -0.15) is 4.31 Å². The normalized spacial score (nSPS) is 15.2. The van der Waals surface area contributed by atoms with Crippen molar-refractivity contribution < 1.29 is 13.2 Å². The standard InChI is InChI=1S/C23H30N2O3S/c1-4-24(5-2)29(27,28)21-13-14-22-20(17-21)12-9-15-25(22)23(26)16-18(3)19-10-7-6-8-11-19/h6-8,10-11,13-14,17-18H,4-5,9,12,15-16H2,1-3H3. The van der Waals surface area contributed by atoms with Crippen LogP contribution in [0.3, 0.4) is 0 Å². The van der Waals surface area contributed by atoms with E-state index in [2.05, 4.69) is 6.92 Å². The maximum Gasteiger partial charge on any atom is 0.243 e. The van der Waals surface area contributed by atoms with E-state index in [0.29, 0.717) is 31.0 Å². The topological polar surface area (TPSA) is 57.7 Å². The van der Waals surface area contributed by atoms with Crippen molar-refractivity contribution in [1.82, 2.24) is 4.31 Å². The second-order valence-corrected chi connectivity index (χ2v) is 9.48. The Morgan fingerprint density at radius 3 is 2.45 bits per heavy atom. The number of carbonyl (C=O) groups is 1. The summed E-state index contributed by atoms with van der Waals surface area (Å²) in [7, 11) is -3.50. The quantitative estimate of drug-likeness (QED) is 0.683. The zero-order valence-electron chi connectivity index (χ0n) is 17.5. The molecule has 0 radical (unpaired) electrons. The van der Waals surface area contributed by atoms with Crippen LogP contribution in [0.5, 0.6) is 0 Å². The largest absolute Gasteiger partial charge is 0.312 e. The summed E-state index contributed by atoms with van der Waals surface area (Å²) >= 11 is 0. The van der Waals surface area contributed by atoms with E-state index >= 15 is 0 Å². The van der Waals surface area contributed by atoms with Crippen molar-refractivity contribution in [3.8, 4) is 0 Å². The molecule has 1 heterocycles. The molecule has 1 atom stereocenters. The van der Waals surface area contributed by atoms with Gasteiger partial charge in [0.15, 0.2) is 0 Å². The third-order valence-electron chi connectivity index (χ3n) is 5.66. The molecule has 0 bridgehead atoms. The third-order valence-corrected chi connectivity index (χ3v) is 7.71. The lowest BCUT2D eigenvalue weighted by Gasteiger charge is -2.31. The van der Waals surface area contributed by atoms with Crippen LogP contribution < -0.4 is 4.90 Å². The van der Waals surface area contributed by atoms with Crippen LogP contribution in [0.15, 0.2) is 53.4 Å². The Hall–Kier alpha value is -2.18. The van der Waals surface area contributed by atoms with Gasteiger partial charge in [0.05, 0.1) is 4.90 Å². The summed E-state index contributed by atoms with van der Waals surface area (Å²) in [5, 5.41) is 0. The third kappa shape index (κ3) is 4.54. The second-order valence-electron chi connectivity index (χ2n) is 7.54. The highest BCUT2D eigenvalue weighted by atomic mass is 32.2. The van der Waals surface area contributed by atoms with Crippen LogP contribution in [0.25, 0.3) is 0 Å². The predicted molar refractivity (Wildman–Crippen MR) is 117 cm³/mol. The van der Waals surface area contributed by atoms with Crippen LogP contribution in [0.1, 0.15) is 50.7 Å². The molecule has 2 aromatic carbocycles. The summed E-state index contributed by atoms with van der Waals surface area (Å²) in [4.78, 5) is 15.2. The summed E-state index contributed by atoms with van der Waals surface area (Å²) in [5.41, 5.74) is 2.93. The summed E-state index contributed by atoms with van der Waals surface area (Å²) in [6, 6.07) is 15.2. The summed E-state index contributed by atoms with van der Waals surface area (Å²) in [6.07, 6.45) is 2.06. The molecule has 1 unspecified atom stereocenters. The molecular weight excluding hydrogens is 384 g/mol. The molecule has 2 aromatic rings. The van der Waals surface area contributed by atoms with E-state index in [-0.39, 0.29) is 11.8 Å². The first kappa shape index (κ1) is 21.5. The van der Waals surface area contributed by atoms with Crippen LogP contribution in [-0.2, 0) is 21.2 Å². The monoisotopic (exact) mass is 414 g/mol. The van der Waals surface area contributed by atoms with Gasteiger partial charge in [0.25, 0.3) is 0 Å². The number of hydrogen-bond donors (Lipinski definition) is 0. The van der Waals surface area contributed by atoms with Crippen LogP contribution in [0.4, 0.5) is 5.69 Å². The van der Waals surface area contributed by atoms with E-state index in [4.69, 9.17) is 0 Å². The number of nitrogens with zero attached hydrogens (tertiary/aromatic N) is 2. The lowest BCUT2D eigenvalue weighted by atomic mass is 9.95. The van der Waals surface area contributed by atoms with Gasteiger partial charge in [0.2, 0.25) is 15.9 Å². The molecule has 0 N–H and O–H groups in total. The van der Waals surface area contributed by atoms with E-state index < -0.39 is 10.0 Å². The average Bonchev–Trinajstić information content (AvgIpc) is 2.74. The summed E-state index contributed by atoms with van der Waals surface area (Å²) < 4.78 is 27.1. The Morgan fingerprint density at radius 2 is 1.79 bits per heavy atom. The van der Waals surface area contributed by atoms with Gasteiger partial charge in [0, 0.05) is 31.7 Å². The minimum Gasteiger partial charge on any atom is -0.312 e. The molecule has 5 nitrogen and oxygen atoms in total. The molecule has 3 rings (SSSR count). The zero-order chi connectivity index (χ0) is 21.0. The van der Waals surface area contributed by atoms with Crippen molar-refractivity contribution in [1.29, 1.82) is 0 Å². The SMILES string of the molecule is CCN(CC)S(=O)(=O)c1ccc2c(c1)CCCN2C(=O)CC(C)c1ccccc1. The van der Waals surface area contributed by atoms with Crippen LogP contribution in [0, 0.1) is 0 Å². The Morgan fingerprint density at radius 1 is 1.10 bits per heavy atom. The fourth-order valence-corrected chi connectivity index (χ4v) is 5.49. The van der Waals surface area contributed by atoms with Gasteiger partial charge >= 0.3 is 0 Å². The number of carbonyl (C=O) groups excluding carboxylic acids is 1. The van der Waals surface area contributed by atoms with Gasteiger partial charge in [-0.25, -0.2) is 8.42 Å². The van der Waals surface area contributed by atoms with Crippen molar-refractivity contribution >= 4 is 21.6 Å². The number of benzene rings is 2. The fraction of sp³-hybridized carbons (Fsp3) is 0.435. The Labute approximate surface area is 174 Å². The minimum atomic E-state index is -3.50. The van der Waals surface area contributed by atoms with Gasteiger partial charge < -0.3 is 4.90 Å². The first-order valence-electron chi connectivity index (χ1n) is 10.4. The van der Waals surface area contributed by atoms with E-state index in [0.717, 1.165) is 29.7 Å².